The molecule has 1 aromatic carbocycles. The number of aromatic nitrogens is 1. The highest BCUT2D eigenvalue weighted by Crippen LogP contribution is 2.23. The molecule has 0 unspecified atom stereocenters. The number of primary amides is 1. The number of aromatic amines is 1. The van der Waals surface area contributed by atoms with Gasteiger partial charge in [0, 0.05) is 36.6 Å². The van der Waals surface area contributed by atoms with Gasteiger partial charge in [-0.1, -0.05) is 32.0 Å². The zero-order valence-corrected chi connectivity index (χ0v) is 14.8. The number of hydrogen-bond donors (Lipinski definition) is 3. The van der Waals surface area contributed by atoms with Crippen LogP contribution in [0.5, 0.6) is 0 Å². The number of para-hydroxylation sites is 1. The molecule has 0 spiro atoms. The Morgan fingerprint density at radius 1 is 1.28 bits per heavy atom. The summed E-state index contributed by atoms with van der Waals surface area (Å²) in [5, 5.41) is 3.71. The SMILES string of the molecule is C[C@@H]1C[C@@H](C)CN(C(=O)[C@H](Cc2c[nH]c3ccccc23)NC(N)=O)C1. The number of hydrogen-bond acceptors (Lipinski definition) is 2. The van der Waals surface area contributed by atoms with Crippen molar-refractivity contribution in [1.82, 2.24) is 15.2 Å². The number of benzene rings is 1. The summed E-state index contributed by atoms with van der Waals surface area (Å²) in [6.07, 6.45) is 3.44. The van der Waals surface area contributed by atoms with Crippen molar-refractivity contribution in [2.75, 3.05) is 13.1 Å². The molecule has 6 heteroatoms. The summed E-state index contributed by atoms with van der Waals surface area (Å²) in [4.78, 5) is 29.6. The average molecular weight is 342 g/mol. The zero-order valence-electron chi connectivity index (χ0n) is 14.8. The number of carbonyl (C=O) groups is 2. The lowest BCUT2D eigenvalue weighted by Gasteiger charge is -2.37. The van der Waals surface area contributed by atoms with Crippen LogP contribution in [-0.2, 0) is 11.2 Å². The molecule has 2 heterocycles. The second-order valence-corrected chi connectivity index (χ2v) is 7.31. The number of likely N-dealkylation sites (tertiary alicyclic amines) is 1. The minimum atomic E-state index is -0.670. The Kier molecular flexibility index (Phi) is 4.97. The van der Waals surface area contributed by atoms with E-state index in [1.807, 2.05) is 35.4 Å². The number of nitrogens with one attached hydrogen (secondary N) is 2. The second-order valence-electron chi connectivity index (χ2n) is 7.31. The molecule has 1 fully saturated rings. The van der Waals surface area contributed by atoms with Crippen molar-refractivity contribution >= 4 is 22.8 Å². The number of rotatable bonds is 4. The summed E-state index contributed by atoms with van der Waals surface area (Å²) in [6, 6.07) is 6.61. The van der Waals surface area contributed by atoms with Gasteiger partial charge in [0.2, 0.25) is 5.91 Å². The largest absolute Gasteiger partial charge is 0.361 e. The van der Waals surface area contributed by atoms with Crippen LogP contribution in [0.15, 0.2) is 30.5 Å². The smallest absolute Gasteiger partial charge is 0.312 e. The highest BCUT2D eigenvalue weighted by Gasteiger charge is 2.31. The molecule has 4 N–H and O–H groups in total. The lowest BCUT2D eigenvalue weighted by molar-refractivity contribution is -0.135. The molecule has 6 nitrogen and oxygen atoms in total. The fourth-order valence-electron chi connectivity index (χ4n) is 3.96. The molecule has 1 aliphatic rings. The van der Waals surface area contributed by atoms with Crippen molar-refractivity contribution in [3.05, 3.63) is 36.0 Å². The van der Waals surface area contributed by atoms with Crippen molar-refractivity contribution in [1.29, 1.82) is 0 Å². The third-order valence-corrected chi connectivity index (χ3v) is 4.89. The molecule has 0 saturated carbocycles. The van der Waals surface area contributed by atoms with E-state index in [1.165, 1.54) is 0 Å². The van der Waals surface area contributed by atoms with Gasteiger partial charge in [-0.15, -0.1) is 0 Å². The van der Waals surface area contributed by atoms with Gasteiger partial charge < -0.3 is 20.9 Å². The molecule has 0 aliphatic carbocycles. The van der Waals surface area contributed by atoms with E-state index in [9.17, 15) is 9.59 Å². The van der Waals surface area contributed by atoms with Gasteiger partial charge in [-0.25, -0.2) is 4.79 Å². The van der Waals surface area contributed by atoms with E-state index in [-0.39, 0.29) is 5.91 Å². The van der Waals surface area contributed by atoms with Crippen molar-refractivity contribution in [3.63, 3.8) is 0 Å². The number of amides is 3. The lowest BCUT2D eigenvalue weighted by atomic mass is 9.91. The van der Waals surface area contributed by atoms with E-state index in [0.717, 1.165) is 36.0 Å². The van der Waals surface area contributed by atoms with E-state index in [2.05, 4.69) is 24.1 Å². The standard InChI is InChI=1S/C19H26N4O2/c1-12-7-13(2)11-23(10-12)18(24)17(22-19(20)25)8-14-9-21-16-6-4-3-5-15(14)16/h3-6,9,12-13,17,21H,7-8,10-11H2,1-2H3,(H3,20,22,25)/t12-,13-,17+/m1/s1. The monoisotopic (exact) mass is 342 g/mol. The normalized spacial score (nSPS) is 21.9. The Labute approximate surface area is 147 Å². The van der Waals surface area contributed by atoms with Gasteiger partial charge in [0.1, 0.15) is 6.04 Å². The minimum absolute atomic E-state index is 0.0533. The average Bonchev–Trinajstić information content (AvgIpc) is 2.95. The third kappa shape index (κ3) is 3.95. The minimum Gasteiger partial charge on any atom is -0.361 e. The molecular formula is C19H26N4O2. The number of urea groups is 1. The summed E-state index contributed by atoms with van der Waals surface area (Å²) in [6.45, 7) is 5.78. The third-order valence-electron chi connectivity index (χ3n) is 4.89. The van der Waals surface area contributed by atoms with Crippen LogP contribution in [0.2, 0.25) is 0 Å². The van der Waals surface area contributed by atoms with Crippen LogP contribution < -0.4 is 11.1 Å². The summed E-state index contributed by atoms with van der Waals surface area (Å²) >= 11 is 0. The number of fused-ring (bicyclic) bond motifs is 1. The first-order chi connectivity index (χ1) is 11.9. The van der Waals surface area contributed by atoms with E-state index in [4.69, 9.17) is 5.73 Å². The molecule has 134 valence electrons. The molecule has 3 rings (SSSR count). The summed E-state index contributed by atoms with van der Waals surface area (Å²) in [5.41, 5.74) is 7.35. The number of nitrogens with two attached hydrogens (primary N) is 1. The first-order valence-corrected chi connectivity index (χ1v) is 8.83. The molecule has 1 saturated heterocycles. The van der Waals surface area contributed by atoms with E-state index in [0.29, 0.717) is 18.3 Å². The highest BCUT2D eigenvalue weighted by molar-refractivity contribution is 5.89. The Hall–Kier alpha value is -2.50. The van der Waals surface area contributed by atoms with Crippen molar-refractivity contribution < 1.29 is 9.59 Å². The van der Waals surface area contributed by atoms with E-state index >= 15 is 0 Å². The van der Waals surface area contributed by atoms with E-state index in [1.54, 1.807) is 0 Å². The zero-order chi connectivity index (χ0) is 18.0. The van der Waals surface area contributed by atoms with Crippen LogP contribution in [0, 0.1) is 11.8 Å². The maximum absolute atomic E-state index is 13.0. The first kappa shape index (κ1) is 17.3. The Balaban J connectivity index is 1.81. The molecule has 25 heavy (non-hydrogen) atoms. The molecule has 2 aromatic rings. The number of piperidine rings is 1. The first-order valence-electron chi connectivity index (χ1n) is 8.83. The van der Waals surface area contributed by atoms with Crippen LogP contribution in [0.4, 0.5) is 4.79 Å². The predicted molar refractivity (Wildman–Crippen MR) is 98.0 cm³/mol. The van der Waals surface area contributed by atoms with E-state index < -0.39 is 12.1 Å². The van der Waals surface area contributed by atoms with Gasteiger partial charge in [0.15, 0.2) is 0 Å². The lowest BCUT2D eigenvalue weighted by Crippen LogP contribution is -2.54. The molecule has 3 atom stereocenters. The van der Waals surface area contributed by atoms with Gasteiger partial charge in [0.05, 0.1) is 0 Å². The fraction of sp³-hybridized carbons (Fsp3) is 0.474. The van der Waals surface area contributed by atoms with Crippen LogP contribution in [0.3, 0.4) is 0 Å². The van der Waals surface area contributed by atoms with Crippen LogP contribution in [-0.4, -0.2) is 41.0 Å². The predicted octanol–water partition coefficient (Wildman–Crippen LogP) is 2.25. The number of H-pyrrole nitrogens is 1. The van der Waals surface area contributed by atoms with Crippen LogP contribution in [0.1, 0.15) is 25.8 Å². The number of nitrogens with zero attached hydrogens (tertiary/aromatic N) is 1. The summed E-state index contributed by atoms with van der Waals surface area (Å²) < 4.78 is 0. The van der Waals surface area contributed by atoms with Gasteiger partial charge in [-0.3, -0.25) is 4.79 Å². The van der Waals surface area contributed by atoms with Gasteiger partial charge in [0.25, 0.3) is 0 Å². The van der Waals surface area contributed by atoms with Gasteiger partial charge in [-0.2, -0.15) is 0 Å². The molecule has 1 aromatic heterocycles. The highest BCUT2D eigenvalue weighted by atomic mass is 16.2. The summed E-state index contributed by atoms with van der Waals surface area (Å²) in [5.74, 6) is 0.882. The molecule has 0 radical (unpaired) electrons. The van der Waals surface area contributed by atoms with Gasteiger partial charge in [-0.05, 0) is 29.9 Å². The molecule has 3 amide bonds. The van der Waals surface area contributed by atoms with Crippen molar-refractivity contribution in [2.45, 2.75) is 32.7 Å². The second kappa shape index (κ2) is 7.17. The number of carbonyl (C=O) groups excluding carboxylic acids is 2. The maximum Gasteiger partial charge on any atom is 0.312 e. The van der Waals surface area contributed by atoms with Crippen LogP contribution >= 0.6 is 0 Å². The Morgan fingerprint density at radius 3 is 2.64 bits per heavy atom. The molecule has 0 bridgehead atoms. The topological polar surface area (TPSA) is 91.2 Å². The maximum atomic E-state index is 13.0. The van der Waals surface area contributed by atoms with Crippen molar-refractivity contribution in [3.8, 4) is 0 Å². The summed E-state index contributed by atoms with van der Waals surface area (Å²) in [7, 11) is 0. The molecular weight excluding hydrogens is 316 g/mol. The van der Waals surface area contributed by atoms with Crippen molar-refractivity contribution in [2.24, 2.45) is 17.6 Å². The molecule has 1 aliphatic heterocycles. The van der Waals surface area contributed by atoms with Gasteiger partial charge >= 0.3 is 6.03 Å². The Morgan fingerprint density at radius 2 is 1.96 bits per heavy atom. The quantitative estimate of drug-likeness (QED) is 0.795. The fourth-order valence-corrected chi connectivity index (χ4v) is 3.96. The van der Waals surface area contributed by atoms with Crippen LogP contribution in [0.25, 0.3) is 10.9 Å². The Bertz CT molecular complexity index is 760.